The maximum atomic E-state index is 12.9. The van der Waals surface area contributed by atoms with Crippen LogP contribution in [0.25, 0.3) is 22.2 Å². The molecule has 3 aromatic rings. The molecule has 2 aliphatic rings. The van der Waals surface area contributed by atoms with Crippen molar-refractivity contribution in [3.8, 4) is 17.0 Å². The normalized spacial score (nSPS) is 18.8. The Labute approximate surface area is 197 Å². The highest BCUT2D eigenvalue weighted by atomic mass is 16.6. The van der Waals surface area contributed by atoms with Crippen LogP contribution in [-0.2, 0) is 4.74 Å². The number of aromatic amines is 1. The number of carbonyl (C=O) groups is 1. The second-order valence-electron chi connectivity index (χ2n) is 10.0. The summed E-state index contributed by atoms with van der Waals surface area (Å²) in [6, 6.07) is 7.44. The van der Waals surface area contributed by atoms with E-state index in [1.54, 1.807) is 9.58 Å². The van der Waals surface area contributed by atoms with Crippen LogP contribution in [0, 0.1) is 0 Å². The summed E-state index contributed by atoms with van der Waals surface area (Å²) in [6.07, 6.45) is 3.66. The molecule has 10 nitrogen and oxygen atoms in total. The number of fused-ring (bicyclic) bond motifs is 1. The second kappa shape index (κ2) is 8.34. The van der Waals surface area contributed by atoms with Crippen molar-refractivity contribution < 1.29 is 14.3 Å². The predicted octanol–water partition coefficient (Wildman–Crippen LogP) is 3.48. The smallest absolute Gasteiger partial charge is 0.410 e. The number of aromatic nitrogens is 4. The van der Waals surface area contributed by atoms with Crippen molar-refractivity contribution in [3.05, 3.63) is 34.6 Å². The van der Waals surface area contributed by atoms with Crippen LogP contribution in [0.3, 0.4) is 0 Å². The summed E-state index contributed by atoms with van der Waals surface area (Å²) in [5.74, 6) is 1.01. The Morgan fingerprint density at radius 3 is 2.59 bits per heavy atom. The van der Waals surface area contributed by atoms with Crippen LogP contribution in [0.5, 0.6) is 5.75 Å². The minimum absolute atomic E-state index is 0.196. The third-order valence-corrected chi connectivity index (χ3v) is 6.01. The van der Waals surface area contributed by atoms with Gasteiger partial charge >= 0.3 is 6.09 Å². The molecule has 0 bridgehead atoms. The minimum atomic E-state index is -0.581. The van der Waals surface area contributed by atoms with Crippen LogP contribution in [-0.4, -0.2) is 55.8 Å². The van der Waals surface area contributed by atoms with Crippen LogP contribution in [0.1, 0.15) is 52.5 Å². The van der Waals surface area contributed by atoms with E-state index in [1.165, 1.54) is 0 Å². The molecule has 3 N–H and O–H groups in total. The minimum Gasteiger partial charge on any atom is -0.490 e. The Kier molecular flexibility index (Phi) is 5.45. The number of likely N-dealkylation sites (tertiary alicyclic amines) is 1. The molecule has 1 amide bonds. The van der Waals surface area contributed by atoms with Gasteiger partial charge in [0, 0.05) is 18.7 Å². The number of rotatable bonds is 4. The lowest BCUT2D eigenvalue weighted by molar-refractivity contribution is 0.0169. The first-order valence-electron chi connectivity index (χ1n) is 11.7. The number of nitrogens with zero attached hydrogens (tertiary/aromatic N) is 4. The number of hydrogen-bond donors (Lipinski definition) is 2. The number of benzene rings is 1. The lowest BCUT2D eigenvalue weighted by Gasteiger charge is -2.34. The molecule has 10 heteroatoms. The fraction of sp³-hybridized carbons (Fsp3) is 0.500. The van der Waals surface area contributed by atoms with Gasteiger partial charge in [0.15, 0.2) is 5.82 Å². The molecule has 0 radical (unpaired) electrons. The molecular weight excluding hydrogens is 436 g/mol. The summed E-state index contributed by atoms with van der Waals surface area (Å²) in [5, 5.41) is 11.8. The highest BCUT2D eigenvalue weighted by Gasteiger charge is 2.31. The molecule has 1 saturated heterocycles. The average molecular weight is 467 g/mol. The topological polar surface area (TPSA) is 128 Å². The van der Waals surface area contributed by atoms with Crippen molar-refractivity contribution in [1.29, 1.82) is 0 Å². The summed E-state index contributed by atoms with van der Waals surface area (Å²) in [6.45, 7) is 6.52. The van der Waals surface area contributed by atoms with Crippen LogP contribution >= 0.6 is 0 Å². The maximum Gasteiger partial charge on any atom is 0.410 e. The number of ether oxygens (including phenoxy) is 2. The van der Waals surface area contributed by atoms with E-state index in [0.717, 1.165) is 37.0 Å². The molecule has 34 heavy (non-hydrogen) atoms. The fourth-order valence-electron chi connectivity index (χ4n) is 4.30. The van der Waals surface area contributed by atoms with E-state index >= 15 is 0 Å². The number of H-pyrrole nitrogens is 1. The Balaban J connectivity index is 1.51. The zero-order valence-corrected chi connectivity index (χ0v) is 19.7. The van der Waals surface area contributed by atoms with Crippen LogP contribution < -0.4 is 16.0 Å². The van der Waals surface area contributed by atoms with E-state index in [-0.39, 0.29) is 23.5 Å². The maximum absolute atomic E-state index is 12.9. The quantitative estimate of drug-likeness (QED) is 0.602. The lowest BCUT2D eigenvalue weighted by atomic mass is 10.1. The van der Waals surface area contributed by atoms with E-state index in [2.05, 4.69) is 10.2 Å². The largest absolute Gasteiger partial charge is 0.490 e. The van der Waals surface area contributed by atoms with Gasteiger partial charge in [0.2, 0.25) is 0 Å². The van der Waals surface area contributed by atoms with Crippen LogP contribution in [0.2, 0.25) is 0 Å². The average Bonchev–Trinajstić information content (AvgIpc) is 3.51. The molecule has 1 aliphatic heterocycles. The number of nitrogens with two attached hydrogens (primary N) is 1. The monoisotopic (exact) mass is 466 g/mol. The van der Waals surface area contributed by atoms with E-state index in [4.69, 9.17) is 20.3 Å². The summed E-state index contributed by atoms with van der Waals surface area (Å²) in [5.41, 5.74) is 7.01. The molecule has 2 aromatic heterocycles. The SMILES string of the molecule is CC(C)(C)OC(=O)N1CCC[C@@H](n2nc(-c3ccc(OC4CC4)cc3)c3c(N)n[nH]c(=O)c32)C1. The number of nitrogens with one attached hydrogen (secondary N) is 1. The summed E-state index contributed by atoms with van der Waals surface area (Å²) >= 11 is 0. The number of amides is 1. The number of piperidine rings is 1. The second-order valence-corrected chi connectivity index (χ2v) is 10.0. The van der Waals surface area contributed by atoms with Gasteiger partial charge in [-0.15, -0.1) is 0 Å². The Morgan fingerprint density at radius 1 is 1.18 bits per heavy atom. The zero-order valence-electron chi connectivity index (χ0n) is 19.7. The van der Waals surface area contributed by atoms with Gasteiger partial charge in [0.1, 0.15) is 22.6 Å². The first-order chi connectivity index (χ1) is 16.2. The molecule has 3 heterocycles. The number of hydrogen-bond acceptors (Lipinski definition) is 7. The zero-order chi connectivity index (χ0) is 24.0. The molecule has 2 fully saturated rings. The number of carbonyl (C=O) groups excluding carboxylic acids is 1. The van der Waals surface area contributed by atoms with Crippen LogP contribution in [0.15, 0.2) is 29.1 Å². The van der Waals surface area contributed by atoms with E-state index < -0.39 is 5.60 Å². The Bertz CT molecular complexity index is 1270. The van der Waals surface area contributed by atoms with Gasteiger partial charge in [0.25, 0.3) is 5.56 Å². The number of nitrogen functional groups attached to an aromatic ring is 1. The first kappa shape index (κ1) is 22.2. The van der Waals surface area contributed by atoms with Crippen molar-refractivity contribution in [1.82, 2.24) is 24.9 Å². The molecule has 5 rings (SSSR count). The molecular formula is C24H30N6O4. The van der Waals surface area contributed by atoms with Gasteiger partial charge in [-0.05, 0) is 70.7 Å². The van der Waals surface area contributed by atoms with Crippen molar-refractivity contribution in [3.63, 3.8) is 0 Å². The first-order valence-corrected chi connectivity index (χ1v) is 11.7. The molecule has 1 aromatic carbocycles. The number of anilines is 1. The van der Waals surface area contributed by atoms with Gasteiger partial charge in [0.05, 0.1) is 17.5 Å². The van der Waals surface area contributed by atoms with E-state index in [0.29, 0.717) is 35.8 Å². The lowest BCUT2D eigenvalue weighted by Crippen LogP contribution is -2.43. The molecule has 0 unspecified atom stereocenters. The van der Waals surface area contributed by atoms with Crippen molar-refractivity contribution >= 4 is 22.8 Å². The fourth-order valence-corrected chi connectivity index (χ4v) is 4.30. The standard InChI is InChI=1S/C24H30N6O4/c1-24(2,3)34-23(32)29-12-4-5-15(13-29)30-20-18(21(25)26-27-22(20)31)19(28-30)14-6-8-16(9-7-14)33-17-10-11-17/h6-9,15,17H,4-5,10-13H2,1-3H3,(H2,25,26)(H,27,31)/t15-/m1/s1. The van der Waals surface area contributed by atoms with Crippen LogP contribution in [0.4, 0.5) is 10.6 Å². The highest BCUT2D eigenvalue weighted by molar-refractivity contribution is 5.99. The van der Waals surface area contributed by atoms with Crippen molar-refractivity contribution in [2.45, 2.75) is 64.2 Å². The third kappa shape index (κ3) is 4.44. The summed E-state index contributed by atoms with van der Waals surface area (Å²) in [4.78, 5) is 27.2. The summed E-state index contributed by atoms with van der Waals surface area (Å²) < 4.78 is 13.1. The van der Waals surface area contributed by atoms with Gasteiger partial charge in [-0.3, -0.25) is 9.48 Å². The molecule has 1 aliphatic carbocycles. The van der Waals surface area contributed by atoms with Gasteiger partial charge in [-0.2, -0.15) is 10.2 Å². The Morgan fingerprint density at radius 2 is 1.91 bits per heavy atom. The Hall–Kier alpha value is -3.56. The highest BCUT2D eigenvalue weighted by Crippen LogP contribution is 2.35. The van der Waals surface area contributed by atoms with Gasteiger partial charge in [-0.25, -0.2) is 9.89 Å². The molecule has 180 valence electrons. The molecule has 1 saturated carbocycles. The molecule has 1 atom stereocenters. The van der Waals surface area contributed by atoms with E-state index in [1.807, 2.05) is 45.0 Å². The molecule has 0 spiro atoms. The predicted molar refractivity (Wildman–Crippen MR) is 128 cm³/mol. The van der Waals surface area contributed by atoms with Gasteiger partial charge < -0.3 is 20.1 Å². The van der Waals surface area contributed by atoms with Crippen molar-refractivity contribution in [2.75, 3.05) is 18.8 Å². The van der Waals surface area contributed by atoms with Gasteiger partial charge in [-0.1, -0.05) is 0 Å². The summed E-state index contributed by atoms with van der Waals surface area (Å²) in [7, 11) is 0. The van der Waals surface area contributed by atoms with Crippen molar-refractivity contribution in [2.24, 2.45) is 0 Å². The van der Waals surface area contributed by atoms with E-state index in [9.17, 15) is 9.59 Å². The third-order valence-electron chi connectivity index (χ3n) is 6.01.